The summed E-state index contributed by atoms with van der Waals surface area (Å²) in [7, 11) is 0. The fraction of sp³-hybridized carbons (Fsp3) is 0.429. The van der Waals surface area contributed by atoms with Crippen LogP contribution >= 0.6 is 0 Å². The topological polar surface area (TPSA) is 9.23 Å². The molecular formula is C21H27BO. The molecule has 1 heterocycles. The predicted octanol–water partition coefficient (Wildman–Crippen LogP) is 4.50. The van der Waals surface area contributed by atoms with Crippen molar-refractivity contribution in [2.75, 3.05) is 0 Å². The molecule has 23 heavy (non-hydrogen) atoms. The maximum absolute atomic E-state index is 6.54. The maximum atomic E-state index is 6.54. The fourth-order valence-electron chi connectivity index (χ4n) is 4.17. The molecule has 0 fully saturated rings. The lowest BCUT2D eigenvalue weighted by Gasteiger charge is -2.33. The standard InChI is InChI=1S/C21H27BO/c1-10-12(3)16(7)20-18(14(10)5)22(9)19-15(6)11(2)13(4)17(8)21(19)23-20/h1-9H3. The Morgan fingerprint density at radius 1 is 0.478 bits per heavy atom. The number of rotatable bonds is 0. The molecule has 0 aliphatic carbocycles. The third kappa shape index (κ3) is 2.00. The predicted molar refractivity (Wildman–Crippen MR) is 102 cm³/mol. The molecule has 120 valence electrons. The Balaban J connectivity index is 2.40. The van der Waals surface area contributed by atoms with Crippen LogP contribution in [0, 0.1) is 55.4 Å². The van der Waals surface area contributed by atoms with Gasteiger partial charge in [0.2, 0.25) is 6.71 Å². The number of fused-ring (bicyclic) bond motifs is 2. The molecule has 0 spiro atoms. The molecule has 1 nitrogen and oxygen atoms in total. The highest BCUT2D eigenvalue weighted by Crippen LogP contribution is 2.37. The molecule has 0 saturated heterocycles. The van der Waals surface area contributed by atoms with E-state index in [0.29, 0.717) is 6.71 Å². The van der Waals surface area contributed by atoms with Gasteiger partial charge in [0.15, 0.2) is 0 Å². The minimum Gasteiger partial charge on any atom is -0.458 e. The minimum atomic E-state index is 0.379. The van der Waals surface area contributed by atoms with E-state index < -0.39 is 0 Å². The first kappa shape index (κ1) is 16.2. The Hall–Kier alpha value is -1.70. The summed E-state index contributed by atoms with van der Waals surface area (Å²) < 4.78 is 6.54. The average Bonchev–Trinajstić information content (AvgIpc) is 2.53. The number of ether oxygens (including phenoxy) is 1. The summed E-state index contributed by atoms with van der Waals surface area (Å²) in [5, 5.41) is 0. The Bertz CT molecular complexity index is 777. The molecular weight excluding hydrogens is 279 g/mol. The van der Waals surface area contributed by atoms with E-state index >= 15 is 0 Å². The van der Waals surface area contributed by atoms with Crippen molar-refractivity contribution in [1.82, 2.24) is 0 Å². The van der Waals surface area contributed by atoms with E-state index in [1.54, 1.807) is 0 Å². The number of hydrogen-bond acceptors (Lipinski definition) is 1. The van der Waals surface area contributed by atoms with Crippen LogP contribution in [0.1, 0.15) is 44.5 Å². The van der Waals surface area contributed by atoms with Crippen molar-refractivity contribution >= 4 is 17.6 Å². The van der Waals surface area contributed by atoms with Gasteiger partial charge in [-0.05, 0) is 111 Å². The molecule has 1 aliphatic rings. The van der Waals surface area contributed by atoms with Gasteiger partial charge in [0, 0.05) is 0 Å². The molecule has 2 aromatic carbocycles. The van der Waals surface area contributed by atoms with Crippen LogP contribution in [0.4, 0.5) is 0 Å². The molecule has 0 bridgehead atoms. The molecule has 1 aliphatic heterocycles. The summed E-state index contributed by atoms with van der Waals surface area (Å²) in [6.07, 6.45) is 0. The van der Waals surface area contributed by atoms with Crippen LogP contribution in [0.5, 0.6) is 11.5 Å². The van der Waals surface area contributed by atoms with Crippen molar-refractivity contribution in [2.45, 2.75) is 62.2 Å². The first-order valence-corrected chi connectivity index (χ1v) is 8.56. The lowest BCUT2D eigenvalue weighted by atomic mass is 9.39. The van der Waals surface area contributed by atoms with Gasteiger partial charge in [-0.1, -0.05) is 6.82 Å². The van der Waals surface area contributed by atoms with Crippen molar-refractivity contribution in [3.63, 3.8) is 0 Å². The Morgan fingerprint density at radius 3 is 1.13 bits per heavy atom. The van der Waals surface area contributed by atoms with Gasteiger partial charge in [-0.2, -0.15) is 0 Å². The van der Waals surface area contributed by atoms with Gasteiger partial charge in [0.25, 0.3) is 0 Å². The Kier molecular flexibility index (Phi) is 3.63. The number of hydrogen-bond donors (Lipinski definition) is 0. The SMILES string of the molecule is CB1c2c(C)c(C)c(C)c(C)c2Oc2c(C)c(C)c(C)c(C)c21. The summed E-state index contributed by atoms with van der Waals surface area (Å²) in [5.41, 5.74) is 13.6. The van der Waals surface area contributed by atoms with Crippen molar-refractivity contribution in [2.24, 2.45) is 0 Å². The third-order valence-corrected chi connectivity index (χ3v) is 6.42. The van der Waals surface area contributed by atoms with E-state index in [-0.39, 0.29) is 0 Å². The van der Waals surface area contributed by atoms with Crippen LogP contribution in [0.25, 0.3) is 0 Å². The van der Waals surface area contributed by atoms with Gasteiger partial charge in [-0.3, -0.25) is 0 Å². The summed E-state index contributed by atoms with van der Waals surface area (Å²) in [6, 6.07) is 0. The van der Waals surface area contributed by atoms with Gasteiger partial charge < -0.3 is 4.74 Å². The highest BCUT2D eigenvalue weighted by Gasteiger charge is 2.34. The van der Waals surface area contributed by atoms with E-state index in [0.717, 1.165) is 11.5 Å². The van der Waals surface area contributed by atoms with Crippen LogP contribution in [0.3, 0.4) is 0 Å². The second-order valence-corrected chi connectivity index (χ2v) is 7.31. The van der Waals surface area contributed by atoms with Gasteiger partial charge in [-0.15, -0.1) is 0 Å². The van der Waals surface area contributed by atoms with E-state index in [9.17, 15) is 0 Å². The average molecular weight is 306 g/mol. The monoisotopic (exact) mass is 306 g/mol. The summed E-state index contributed by atoms with van der Waals surface area (Å²) in [6.45, 7) is 20.5. The highest BCUT2D eigenvalue weighted by atomic mass is 16.5. The Morgan fingerprint density at radius 2 is 0.783 bits per heavy atom. The maximum Gasteiger partial charge on any atom is 0.216 e. The van der Waals surface area contributed by atoms with Gasteiger partial charge in [-0.25, -0.2) is 0 Å². The molecule has 0 N–H and O–H groups in total. The second-order valence-electron chi connectivity index (χ2n) is 7.31. The molecule has 2 aromatic rings. The van der Waals surface area contributed by atoms with Gasteiger partial charge >= 0.3 is 0 Å². The van der Waals surface area contributed by atoms with Crippen LogP contribution in [0.2, 0.25) is 6.82 Å². The number of benzene rings is 2. The van der Waals surface area contributed by atoms with E-state index in [4.69, 9.17) is 4.74 Å². The van der Waals surface area contributed by atoms with Crippen LogP contribution in [-0.4, -0.2) is 6.71 Å². The van der Waals surface area contributed by atoms with Crippen molar-refractivity contribution in [1.29, 1.82) is 0 Å². The van der Waals surface area contributed by atoms with E-state index in [1.807, 2.05) is 0 Å². The second kappa shape index (κ2) is 5.16. The molecule has 3 rings (SSSR count). The Labute approximate surface area is 141 Å². The van der Waals surface area contributed by atoms with Crippen molar-refractivity contribution in [3.05, 3.63) is 44.5 Å². The van der Waals surface area contributed by atoms with Crippen molar-refractivity contribution in [3.8, 4) is 11.5 Å². The molecule has 0 atom stereocenters. The molecule has 0 saturated carbocycles. The molecule has 0 radical (unpaired) electrons. The zero-order chi connectivity index (χ0) is 17.2. The summed E-state index contributed by atoms with van der Waals surface area (Å²) in [4.78, 5) is 0. The smallest absolute Gasteiger partial charge is 0.216 e. The third-order valence-electron chi connectivity index (χ3n) is 6.42. The van der Waals surface area contributed by atoms with Gasteiger partial charge in [0.1, 0.15) is 11.5 Å². The van der Waals surface area contributed by atoms with Crippen LogP contribution < -0.4 is 15.7 Å². The lowest BCUT2D eigenvalue weighted by Crippen LogP contribution is -2.48. The van der Waals surface area contributed by atoms with Gasteiger partial charge in [0.05, 0.1) is 0 Å². The largest absolute Gasteiger partial charge is 0.458 e. The molecule has 0 aromatic heterocycles. The molecule has 0 unspecified atom stereocenters. The van der Waals surface area contributed by atoms with E-state index in [1.165, 1.54) is 55.4 Å². The molecule has 0 amide bonds. The van der Waals surface area contributed by atoms with Crippen molar-refractivity contribution < 1.29 is 4.74 Å². The fourth-order valence-corrected chi connectivity index (χ4v) is 4.17. The highest BCUT2D eigenvalue weighted by molar-refractivity contribution is 6.86. The van der Waals surface area contributed by atoms with Crippen LogP contribution in [-0.2, 0) is 0 Å². The quantitative estimate of drug-likeness (QED) is 0.651. The van der Waals surface area contributed by atoms with E-state index in [2.05, 4.69) is 62.2 Å². The first-order chi connectivity index (χ1) is 10.7. The summed E-state index contributed by atoms with van der Waals surface area (Å²) in [5.74, 6) is 2.19. The van der Waals surface area contributed by atoms with Crippen LogP contribution in [0.15, 0.2) is 0 Å². The zero-order valence-electron chi connectivity index (χ0n) is 16.0. The first-order valence-electron chi connectivity index (χ1n) is 8.56. The summed E-state index contributed by atoms with van der Waals surface area (Å²) >= 11 is 0. The lowest BCUT2D eigenvalue weighted by molar-refractivity contribution is 0.477. The zero-order valence-corrected chi connectivity index (χ0v) is 16.0. The minimum absolute atomic E-state index is 0.379. The molecule has 2 heteroatoms. The normalized spacial score (nSPS) is 12.8.